The Bertz CT molecular complexity index is 1730. The Labute approximate surface area is 218 Å². The second-order valence-electron chi connectivity index (χ2n) is 9.62. The number of hydrogen-bond donors (Lipinski definition) is 0. The molecule has 2 aromatic heterocycles. The maximum absolute atomic E-state index is 4.51. The molecule has 0 saturated heterocycles. The van der Waals surface area contributed by atoms with E-state index in [2.05, 4.69) is 102 Å². The molecule has 0 fully saturated rings. The van der Waals surface area contributed by atoms with Crippen LogP contribution in [0.1, 0.15) is 25.0 Å². The summed E-state index contributed by atoms with van der Waals surface area (Å²) < 4.78 is 2.46. The van der Waals surface area contributed by atoms with Gasteiger partial charge in [0.15, 0.2) is 0 Å². The van der Waals surface area contributed by atoms with Crippen LogP contribution in [-0.4, -0.2) is 9.55 Å². The normalized spacial score (nSPS) is 13.4. The van der Waals surface area contributed by atoms with Crippen molar-refractivity contribution in [2.24, 2.45) is 0 Å². The zero-order valence-electron chi connectivity index (χ0n) is 19.5. The van der Waals surface area contributed by atoms with E-state index in [1.165, 1.54) is 49.7 Å². The zero-order chi connectivity index (χ0) is 22.9. The standard InChI is InChI=1S/C32H23N2.Ir/c1-32(2)26-13-8-12-25-24-11-3-4-15-29(24)34(31(25)26)30-17-16-22(20-27(30)32)21-9-7-10-23(19-21)28-14-5-6-18-33-28;/h3-9,11-20H,1-2H3;/q-1;. The molecule has 2 nitrogen and oxygen atoms in total. The summed E-state index contributed by atoms with van der Waals surface area (Å²) in [6, 6.07) is 38.1. The maximum atomic E-state index is 4.51. The van der Waals surface area contributed by atoms with Gasteiger partial charge in [-0.3, -0.25) is 0 Å². The zero-order valence-corrected chi connectivity index (χ0v) is 21.9. The monoisotopic (exact) mass is 628 g/mol. The van der Waals surface area contributed by atoms with Gasteiger partial charge in [-0.25, -0.2) is 0 Å². The van der Waals surface area contributed by atoms with Crippen molar-refractivity contribution in [2.45, 2.75) is 19.3 Å². The minimum atomic E-state index is -0.111. The van der Waals surface area contributed by atoms with Crippen molar-refractivity contribution in [3.05, 3.63) is 120 Å². The van der Waals surface area contributed by atoms with Gasteiger partial charge in [0.25, 0.3) is 0 Å². The molecule has 6 aromatic rings. The molecular weight excluding hydrogens is 605 g/mol. The van der Waals surface area contributed by atoms with Gasteiger partial charge in [-0.1, -0.05) is 68.4 Å². The molecule has 0 spiro atoms. The SMILES string of the molecule is CC1(C)c2cc(-c3cc[c-]c(-c4ccccn4)c3)ccc2-n2c3ccccc3c3cccc1c32.[Ir]. The van der Waals surface area contributed by atoms with Crippen LogP contribution in [0.3, 0.4) is 0 Å². The van der Waals surface area contributed by atoms with E-state index in [1.807, 2.05) is 30.5 Å². The van der Waals surface area contributed by atoms with Crippen LogP contribution in [0.4, 0.5) is 0 Å². The van der Waals surface area contributed by atoms with Crippen LogP contribution in [0.5, 0.6) is 0 Å². The van der Waals surface area contributed by atoms with Gasteiger partial charge in [-0.15, -0.1) is 35.4 Å². The summed E-state index contributed by atoms with van der Waals surface area (Å²) in [4.78, 5) is 4.51. The van der Waals surface area contributed by atoms with Gasteiger partial charge in [0, 0.05) is 42.5 Å². The average Bonchev–Trinajstić information content (AvgIpc) is 3.23. The molecule has 1 aliphatic heterocycles. The van der Waals surface area contributed by atoms with Crippen LogP contribution in [0.15, 0.2) is 103 Å². The quantitative estimate of drug-likeness (QED) is 0.178. The van der Waals surface area contributed by atoms with Gasteiger partial charge in [0.1, 0.15) is 0 Å². The van der Waals surface area contributed by atoms with Gasteiger partial charge in [-0.05, 0) is 46.6 Å². The van der Waals surface area contributed by atoms with E-state index < -0.39 is 0 Å². The fourth-order valence-corrected chi connectivity index (χ4v) is 5.65. The Kier molecular flexibility index (Phi) is 5.03. The van der Waals surface area contributed by atoms with Crippen LogP contribution in [0.25, 0.3) is 49.9 Å². The van der Waals surface area contributed by atoms with E-state index in [0.29, 0.717) is 0 Å². The predicted molar refractivity (Wildman–Crippen MR) is 140 cm³/mol. The van der Waals surface area contributed by atoms with E-state index in [4.69, 9.17) is 0 Å². The third-order valence-corrected chi connectivity index (χ3v) is 7.35. The fraction of sp³-hybridized carbons (Fsp3) is 0.0938. The van der Waals surface area contributed by atoms with Crippen molar-refractivity contribution in [1.29, 1.82) is 0 Å². The van der Waals surface area contributed by atoms with Crippen molar-refractivity contribution in [2.75, 3.05) is 0 Å². The van der Waals surface area contributed by atoms with Gasteiger partial charge in [0.05, 0.1) is 16.7 Å². The number of fused-ring (bicyclic) bond motifs is 5. The van der Waals surface area contributed by atoms with Crippen molar-refractivity contribution < 1.29 is 20.1 Å². The first-order chi connectivity index (χ1) is 16.6. The molecule has 1 radical (unpaired) electrons. The second-order valence-corrected chi connectivity index (χ2v) is 9.62. The third kappa shape index (κ3) is 3.16. The van der Waals surface area contributed by atoms with E-state index >= 15 is 0 Å². The van der Waals surface area contributed by atoms with E-state index in [0.717, 1.165) is 11.3 Å². The summed E-state index contributed by atoms with van der Waals surface area (Å²) in [7, 11) is 0. The largest absolute Gasteiger partial charge is 0.309 e. The third-order valence-electron chi connectivity index (χ3n) is 7.35. The van der Waals surface area contributed by atoms with E-state index in [1.54, 1.807) is 0 Å². The van der Waals surface area contributed by atoms with E-state index in [-0.39, 0.29) is 25.5 Å². The maximum Gasteiger partial charge on any atom is 0.0582 e. The number of pyridine rings is 1. The van der Waals surface area contributed by atoms with Gasteiger partial charge >= 0.3 is 0 Å². The summed E-state index contributed by atoms with van der Waals surface area (Å²) in [6.07, 6.45) is 1.83. The van der Waals surface area contributed by atoms with Crippen molar-refractivity contribution in [1.82, 2.24) is 9.55 Å². The molecule has 0 unspecified atom stereocenters. The Morgan fingerprint density at radius 3 is 2.40 bits per heavy atom. The number of rotatable bonds is 2. The number of hydrogen-bond acceptors (Lipinski definition) is 1. The van der Waals surface area contributed by atoms with Crippen molar-refractivity contribution in [3.8, 4) is 28.1 Å². The summed E-state index contributed by atoms with van der Waals surface area (Å²) >= 11 is 0. The van der Waals surface area contributed by atoms with Crippen molar-refractivity contribution in [3.63, 3.8) is 0 Å². The predicted octanol–water partition coefficient (Wildman–Crippen LogP) is 7.95. The summed E-state index contributed by atoms with van der Waals surface area (Å²) in [5.74, 6) is 0. The molecule has 7 rings (SSSR count). The van der Waals surface area contributed by atoms with Crippen LogP contribution in [0, 0.1) is 6.07 Å². The summed E-state index contributed by atoms with van der Waals surface area (Å²) in [5, 5.41) is 2.64. The topological polar surface area (TPSA) is 17.8 Å². The fourth-order valence-electron chi connectivity index (χ4n) is 5.65. The van der Waals surface area contributed by atoms with Crippen LogP contribution in [0.2, 0.25) is 0 Å². The first-order valence-corrected chi connectivity index (χ1v) is 11.7. The molecule has 171 valence electrons. The number of nitrogens with zero attached hydrogens (tertiary/aromatic N) is 2. The van der Waals surface area contributed by atoms with Gasteiger partial charge in [0.2, 0.25) is 0 Å². The molecule has 0 aliphatic carbocycles. The van der Waals surface area contributed by atoms with Crippen LogP contribution >= 0.6 is 0 Å². The molecule has 3 heterocycles. The molecule has 0 amide bonds. The minimum Gasteiger partial charge on any atom is -0.309 e. The summed E-state index contributed by atoms with van der Waals surface area (Å²) in [6.45, 7) is 4.70. The molecular formula is C32H23IrN2-. The van der Waals surface area contributed by atoms with Crippen molar-refractivity contribution >= 4 is 21.8 Å². The number of benzene rings is 4. The molecule has 0 saturated carbocycles. The van der Waals surface area contributed by atoms with Crippen LogP contribution < -0.4 is 0 Å². The second kappa shape index (κ2) is 8.02. The average molecular weight is 628 g/mol. The Balaban J connectivity index is 0.00000229. The summed E-state index contributed by atoms with van der Waals surface area (Å²) in [5.41, 5.74) is 10.8. The molecule has 0 bridgehead atoms. The Morgan fingerprint density at radius 1 is 0.743 bits per heavy atom. The first kappa shape index (κ1) is 22.0. The molecule has 0 atom stereocenters. The first-order valence-electron chi connectivity index (χ1n) is 11.7. The Hall–Kier alpha value is -3.52. The molecule has 35 heavy (non-hydrogen) atoms. The van der Waals surface area contributed by atoms with Crippen LogP contribution in [-0.2, 0) is 25.5 Å². The molecule has 1 aliphatic rings. The van der Waals surface area contributed by atoms with Gasteiger partial charge in [-0.2, -0.15) is 0 Å². The number of aromatic nitrogens is 2. The molecule has 0 N–H and O–H groups in total. The van der Waals surface area contributed by atoms with E-state index in [9.17, 15) is 0 Å². The smallest absolute Gasteiger partial charge is 0.0582 e. The Morgan fingerprint density at radius 2 is 1.54 bits per heavy atom. The number of para-hydroxylation sites is 2. The molecule has 4 aromatic carbocycles. The van der Waals surface area contributed by atoms with Gasteiger partial charge < -0.3 is 9.55 Å². The minimum absolute atomic E-state index is 0. The molecule has 3 heteroatoms.